The minimum atomic E-state index is -0.0181. The lowest BCUT2D eigenvalue weighted by Gasteiger charge is -2.19. The number of hydrogen-bond donors (Lipinski definition) is 3. The number of rotatable bonds is 6. The van der Waals surface area contributed by atoms with Gasteiger partial charge in [0, 0.05) is 18.2 Å². The van der Waals surface area contributed by atoms with Crippen LogP contribution in [-0.4, -0.2) is 32.0 Å². The minimum Gasteiger partial charge on any atom is -0.493 e. The van der Waals surface area contributed by atoms with E-state index in [-0.39, 0.29) is 12.6 Å². The maximum atomic E-state index is 9.15. The molecule has 0 radical (unpaired) electrons. The van der Waals surface area contributed by atoms with E-state index < -0.39 is 0 Å². The lowest BCUT2D eigenvalue weighted by atomic mass is 10.2. The Morgan fingerprint density at radius 3 is 2.35 bits per heavy atom. The molecule has 0 bridgehead atoms. The Labute approximate surface area is 102 Å². The van der Waals surface area contributed by atoms with Crippen LogP contribution in [0.25, 0.3) is 0 Å². The zero-order chi connectivity index (χ0) is 12.8. The first-order valence-corrected chi connectivity index (χ1v) is 5.55. The first-order valence-electron chi connectivity index (χ1n) is 5.55. The second-order valence-electron chi connectivity index (χ2n) is 3.73. The quantitative estimate of drug-likeness (QED) is 0.656. The summed E-state index contributed by atoms with van der Waals surface area (Å²) in [5, 5.41) is 12.3. The standard InChI is InChI=1S/C12H20N2O3/c1-4-8(7-15)14-10-6-12(17-3)11(16-2)5-9(10)13/h5-6,8,14-15H,4,7,13H2,1-3H3. The summed E-state index contributed by atoms with van der Waals surface area (Å²) in [4.78, 5) is 0. The molecule has 0 aliphatic rings. The van der Waals surface area contributed by atoms with Gasteiger partial charge in [-0.25, -0.2) is 0 Å². The van der Waals surface area contributed by atoms with E-state index in [1.165, 1.54) is 0 Å². The molecule has 0 aliphatic heterocycles. The number of benzene rings is 1. The highest BCUT2D eigenvalue weighted by Crippen LogP contribution is 2.35. The number of ether oxygens (including phenoxy) is 2. The Bertz CT molecular complexity index is 365. The molecule has 0 aromatic heterocycles. The Kier molecular flexibility index (Phi) is 4.90. The van der Waals surface area contributed by atoms with Gasteiger partial charge in [0.05, 0.1) is 32.2 Å². The van der Waals surface area contributed by atoms with E-state index in [0.29, 0.717) is 17.2 Å². The molecule has 96 valence electrons. The van der Waals surface area contributed by atoms with Gasteiger partial charge in [-0.15, -0.1) is 0 Å². The van der Waals surface area contributed by atoms with Gasteiger partial charge >= 0.3 is 0 Å². The number of nitrogens with two attached hydrogens (primary N) is 1. The smallest absolute Gasteiger partial charge is 0.162 e. The molecule has 1 aromatic rings. The molecule has 4 N–H and O–H groups in total. The number of aliphatic hydroxyl groups excluding tert-OH is 1. The Morgan fingerprint density at radius 1 is 1.29 bits per heavy atom. The average molecular weight is 240 g/mol. The zero-order valence-electron chi connectivity index (χ0n) is 10.5. The number of methoxy groups -OCH3 is 2. The maximum absolute atomic E-state index is 9.15. The summed E-state index contributed by atoms with van der Waals surface area (Å²) in [6.07, 6.45) is 0.810. The fourth-order valence-corrected chi connectivity index (χ4v) is 1.52. The van der Waals surface area contributed by atoms with Crippen LogP contribution in [-0.2, 0) is 0 Å². The topological polar surface area (TPSA) is 76.7 Å². The third-order valence-electron chi connectivity index (χ3n) is 2.63. The first-order chi connectivity index (χ1) is 8.15. The molecule has 1 rings (SSSR count). The van der Waals surface area contributed by atoms with Crippen molar-refractivity contribution in [2.75, 3.05) is 31.9 Å². The molecule has 0 saturated carbocycles. The van der Waals surface area contributed by atoms with Crippen LogP contribution in [0.1, 0.15) is 13.3 Å². The number of anilines is 2. The van der Waals surface area contributed by atoms with Gasteiger partial charge in [-0.05, 0) is 6.42 Å². The predicted molar refractivity (Wildman–Crippen MR) is 68.7 cm³/mol. The van der Waals surface area contributed by atoms with Crippen molar-refractivity contribution in [3.05, 3.63) is 12.1 Å². The van der Waals surface area contributed by atoms with Crippen molar-refractivity contribution in [2.24, 2.45) is 0 Å². The number of nitrogen functional groups attached to an aromatic ring is 1. The van der Waals surface area contributed by atoms with E-state index in [1.54, 1.807) is 26.4 Å². The summed E-state index contributed by atoms with van der Waals surface area (Å²) < 4.78 is 10.3. The second-order valence-corrected chi connectivity index (χ2v) is 3.73. The van der Waals surface area contributed by atoms with Gasteiger partial charge in [-0.3, -0.25) is 0 Å². The van der Waals surface area contributed by atoms with Crippen molar-refractivity contribution in [2.45, 2.75) is 19.4 Å². The highest BCUT2D eigenvalue weighted by Gasteiger charge is 2.11. The summed E-state index contributed by atoms with van der Waals surface area (Å²) >= 11 is 0. The molecule has 0 heterocycles. The van der Waals surface area contributed by atoms with Crippen LogP contribution in [0.4, 0.5) is 11.4 Å². The molecule has 1 aromatic carbocycles. The van der Waals surface area contributed by atoms with E-state index in [4.69, 9.17) is 20.3 Å². The molecule has 0 aliphatic carbocycles. The summed E-state index contributed by atoms with van der Waals surface area (Å²) in [6.45, 7) is 2.05. The van der Waals surface area contributed by atoms with Crippen LogP contribution >= 0.6 is 0 Å². The fraction of sp³-hybridized carbons (Fsp3) is 0.500. The summed E-state index contributed by atoms with van der Waals surface area (Å²) in [7, 11) is 3.13. The highest BCUT2D eigenvalue weighted by atomic mass is 16.5. The minimum absolute atomic E-state index is 0.0181. The Hall–Kier alpha value is -1.62. The summed E-state index contributed by atoms with van der Waals surface area (Å²) in [5.74, 6) is 1.20. The summed E-state index contributed by atoms with van der Waals surface area (Å²) in [6, 6.07) is 3.45. The van der Waals surface area contributed by atoms with Crippen LogP contribution in [0.3, 0.4) is 0 Å². The maximum Gasteiger partial charge on any atom is 0.162 e. The molecule has 5 heteroatoms. The molecule has 0 spiro atoms. The SMILES string of the molecule is CCC(CO)Nc1cc(OC)c(OC)cc1N. The van der Waals surface area contributed by atoms with Crippen molar-refractivity contribution < 1.29 is 14.6 Å². The van der Waals surface area contributed by atoms with Crippen molar-refractivity contribution in [1.82, 2.24) is 0 Å². The van der Waals surface area contributed by atoms with Gasteiger partial charge < -0.3 is 25.6 Å². The van der Waals surface area contributed by atoms with Crippen molar-refractivity contribution in [1.29, 1.82) is 0 Å². The number of nitrogens with one attached hydrogen (secondary N) is 1. The van der Waals surface area contributed by atoms with E-state index in [1.807, 2.05) is 6.92 Å². The van der Waals surface area contributed by atoms with Gasteiger partial charge in [-0.2, -0.15) is 0 Å². The average Bonchev–Trinajstić information content (AvgIpc) is 2.36. The first kappa shape index (κ1) is 13.4. The van der Waals surface area contributed by atoms with Crippen LogP contribution < -0.4 is 20.5 Å². The van der Waals surface area contributed by atoms with Gasteiger partial charge in [0.1, 0.15) is 0 Å². The molecule has 0 fully saturated rings. The van der Waals surface area contributed by atoms with Crippen molar-refractivity contribution >= 4 is 11.4 Å². The van der Waals surface area contributed by atoms with E-state index >= 15 is 0 Å². The fourth-order valence-electron chi connectivity index (χ4n) is 1.52. The number of aliphatic hydroxyl groups is 1. The second kappa shape index (κ2) is 6.20. The van der Waals surface area contributed by atoms with E-state index in [9.17, 15) is 0 Å². The zero-order valence-corrected chi connectivity index (χ0v) is 10.5. The lowest BCUT2D eigenvalue weighted by molar-refractivity contribution is 0.272. The van der Waals surface area contributed by atoms with Gasteiger partial charge in [-0.1, -0.05) is 6.92 Å². The third kappa shape index (κ3) is 3.17. The van der Waals surface area contributed by atoms with Gasteiger partial charge in [0.25, 0.3) is 0 Å². The molecule has 1 atom stereocenters. The summed E-state index contributed by atoms with van der Waals surface area (Å²) in [5.41, 5.74) is 7.20. The van der Waals surface area contributed by atoms with Gasteiger partial charge in [0.15, 0.2) is 11.5 Å². The third-order valence-corrected chi connectivity index (χ3v) is 2.63. The normalized spacial score (nSPS) is 12.0. The predicted octanol–water partition coefficient (Wildman–Crippen LogP) is 1.47. The molecular formula is C12H20N2O3. The van der Waals surface area contributed by atoms with Crippen LogP contribution in [0.5, 0.6) is 11.5 Å². The van der Waals surface area contributed by atoms with E-state index in [0.717, 1.165) is 12.1 Å². The van der Waals surface area contributed by atoms with Crippen LogP contribution in [0, 0.1) is 0 Å². The van der Waals surface area contributed by atoms with Crippen LogP contribution in [0.2, 0.25) is 0 Å². The van der Waals surface area contributed by atoms with Crippen molar-refractivity contribution in [3.63, 3.8) is 0 Å². The molecule has 17 heavy (non-hydrogen) atoms. The number of hydrogen-bond acceptors (Lipinski definition) is 5. The van der Waals surface area contributed by atoms with Gasteiger partial charge in [0.2, 0.25) is 0 Å². The lowest BCUT2D eigenvalue weighted by Crippen LogP contribution is -2.23. The molecular weight excluding hydrogens is 220 g/mol. The monoisotopic (exact) mass is 240 g/mol. The molecule has 1 unspecified atom stereocenters. The Morgan fingerprint density at radius 2 is 1.88 bits per heavy atom. The Balaban J connectivity index is 2.99. The molecule has 0 amide bonds. The largest absolute Gasteiger partial charge is 0.493 e. The van der Waals surface area contributed by atoms with Crippen LogP contribution in [0.15, 0.2) is 12.1 Å². The van der Waals surface area contributed by atoms with E-state index in [2.05, 4.69) is 5.32 Å². The van der Waals surface area contributed by atoms with Crippen molar-refractivity contribution in [3.8, 4) is 11.5 Å². The highest BCUT2D eigenvalue weighted by molar-refractivity contribution is 5.72. The molecule has 5 nitrogen and oxygen atoms in total. The molecule has 0 saturated heterocycles.